The molecule has 1 atom stereocenters. The molecule has 0 saturated heterocycles. The van der Waals surface area contributed by atoms with Gasteiger partial charge >= 0.3 is 0 Å². The van der Waals surface area contributed by atoms with Crippen LogP contribution >= 0.6 is 11.8 Å². The Morgan fingerprint density at radius 2 is 2.00 bits per heavy atom. The number of carbonyl (C=O) groups is 1. The second-order valence-electron chi connectivity index (χ2n) is 6.18. The van der Waals surface area contributed by atoms with Gasteiger partial charge in [-0.3, -0.25) is 4.79 Å². The zero-order valence-corrected chi connectivity index (χ0v) is 14.6. The Morgan fingerprint density at radius 1 is 1.30 bits per heavy atom. The first-order chi connectivity index (χ1) is 11.1. The first kappa shape index (κ1) is 16.1. The third-order valence-corrected chi connectivity index (χ3v) is 5.01. The van der Waals surface area contributed by atoms with Crippen molar-refractivity contribution in [1.29, 1.82) is 0 Å². The monoisotopic (exact) mass is 330 g/mol. The van der Waals surface area contributed by atoms with E-state index in [-0.39, 0.29) is 11.2 Å². The maximum absolute atomic E-state index is 12.1. The molecule has 23 heavy (non-hydrogen) atoms. The van der Waals surface area contributed by atoms with E-state index < -0.39 is 0 Å². The number of hydrogen-bond acceptors (Lipinski definition) is 4. The van der Waals surface area contributed by atoms with Gasteiger partial charge in [-0.2, -0.15) is 0 Å². The van der Waals surface area contributed by atoms with Crippen LogP contribution < -0.4 is 0 Å². The summed E-state index contributed by atoms with van der Waals surface area (Å²) < 4.78 is 2.18. The van der Waals surface area contributed by atoms with Gasteiger partial charge in [0.15, 0.2) is 5.16 Å². The van der Waals surface area contributed by atoms with Crippen molar-refractivity contribution in [3.63, 3.8) is 0 Å². The average molecular weight is 330 g/mol. The SMILES string of the molecule is C[C@H](Sc1nnc(C2CC2)n1Cc1ccccc1)C(=O)N(C)C. The van der Waals surface area contributed by atoms with Crippen LogP contribution in [0.4, 0.5) is 0 Å². The summed E-state index contributed by atoms with van der Waals surface area (Å²) in [6.07, 6.45) is 2.37. The van der Waals surface area contributed by atoms with Gasteiger partial charge in [0.05, 0.1) is 11.8 Å². The van der Waals surface area contributed by atoms with Crippen LogP contribution in [-0.2, 0) is 11.3 Å². The first-order valence-corrected chi connectivity index (χ1v) is 8.79. The number of nitrogens with zero attached hydrogens (tertiary/aromatic N) is 4. The number of amides is 1. The van der Waals surface area contributed by atoms with Gasteiger partial charge in [0.1, 0.15) is 5.82 Å². The van der Waals surface area contributed by atoms with Crippen LogP contribution in [0.15, 0.2) is 35.5 Å². The fourth-order valence-electron chi connectivity index (χ4n) is 2.52. The quantitative estimate of drug-likeness (QED) is 0.764. The van der Waals surface area contributed by atoms with E-state index in [2.05, 4.69) is 26.9 Å². The van der Waals surface area contributed by atoms with E-state index in [1.807, 2.05) is 25.1 Å². The van der Waals surface area contributed by atoms with Crippen LogP contribution in [0, 0.1) is 0 Å². The number of rotatable bonds is 6. The van der Waals surface area contributed by atoms with Gasteiger partial charge in [0, 0.05) is 20.0 Å². The van der Waals surface area contributed by atoms with E-state index in [0.717, 1.165) is 17.5 Å². The molecule has 0 unspecified atom stereocenters. The number of carbonyl (C=O) groups excluding carboxylic acids is 1. The summed E-state index contributed by atoms with van der Waals surface area (Å²) >= 11 is 1.49. The highest BCUT2D eigenvalue weighted by atomic mass is 32.2. The minimum absolute atomic E-state index is 0.0947. The van der Waals surface area contributed by atoms with Crippen molar-refractivity contribution < 1.29 is 4.79 Å². The van der Waals surface area contributed by atoms with Gasteiger partial charge in [-0.25, -0.2) is 0 Å². The summed E-state index contributed by atoms with van der Waals surface area (Å²) in [5, 5.41) is 9.42. The smallest absolute Gasteiger partial charge is 0.235 e. The van der Waals surface area contributed by atoms with Crippen molar-refractivity contribution in [3.05, 3.63) is 41.7 Å². The molecule has 1 aromatic heterocycles. The average Bonchev–Trinajstić information content (AvgIpc) is 3.32. The number of thioether (sulfide) groups is 1. The summed E-state index contributed by atoms with van der Waals surface area (Å²) in [4.78, 5) is 13.7. The summed E-state index contributed by atoms with van der Waals surface area (Å²) in [5.41, 5.74) is 1.22. The molecule has 1 aromatic carbocycles. The molecule has 122 valence electrons. The van der Waals surface area contributed by atoms with Gasteiger partial charge in [0.2, 0.25) is 5.91 Å². The molecular formula is C17H22N4OS. The molecule has 5 nitrogen and oxygen atoms in total. The molecule has 1 aliphatic carbocycles. The lowest BCUT2D eigenvalue weighted by Crippen LogP contribution is -2.29. The fraction of sp³-hybridized carbons (Fsp3) is 0.471. The summed E-state index contributed by atoms with van der Waals surface area (Å²) in [6, 6.07) is 10.3. The van der Waals surface area contributed by atoms with Crippen LogP contribution in [0.5, 0.6) is 0 Å². The molecule has 1 fully saturated rings. The minimum atomic E-state index is -0.171. The normalized spacial score (nSPS) is 15.4. The predicted octanol–water partition coefficient (Wildman–Crippen LogP) is 2.77. The lowest BCUT2D eigenvalue weighted by Gasteiger charge is -2.16. The molecule has 1 saturated carbocycles. The number of benzene rings is 1. The van der Waals surface area contributed by atoms with Crippen LogP contribution in [0.1, 0.15) is 37.1 Å². The number of hydrogen-bond donors (Lipinski definition) is 0. The molecule has 0 radical (unpaired) electrons. The highest BCUT2D eigenvalue weighted by Gasteiger charge is 2.31. The third kappa shape index (κ3) is 3.75. The highest BCUT2D eigenvalue weighted by molar-refractivity contribution is 8.00. The Morgan fingerprint density at radius 3 is 2.61 bits per heavy atom. The summed E-state index contributed by atoms with van der Waals surface area (Å²) in [6.45, 7) is 2.68. The first-order valence-electron chi connectivity index (χ1n) is 7.91. The molecule has 1 heterocycles. The molecule has 0 spiro atoms. The van der Waals surface area contributed by atoms with Crippen molar-refractivity contribution in [3.8, 4) is 0 Å². The molecule has 1 aliphatic rings. The van der Waals surface area contributed by atoms with E-state index in [4.69, 9.17) is 0 Å². The highest BCUT2D eigenvalue weighted by Crippen LogP contribution is 2.40. The van der Waals surface area contributed by atoms with Gasteiger partial charge in [0.25, 0.3) is 0 Å². The van der Waals surface area contributed by atoms with Gasteiger partial charge in [-0.15, -0.1) is 10.2 Å². The Hall–Kier alpha value is -1.82. The predicted molar refractivity (Wildman–Crippen MR) is 91.6 cm³/mol. The third-order valence-electron chi connectivity index (χ3n) is 3.94. The standard InChI is InChI=1S/C17H22N4OS/c1-12(16(22)20(2)3)23-17-19-18-15(14-9-10-14)21(17)11-13-7-5-4-6-8-13/h4-8,12,14H,9-11H2,1-3H3/t12-/m0/s1. The molecule has 3 rings (SSSR count). The maximum atomic E-state index is 12.1. The van der Waals surface area contributed by atoms with Crippen molar-refractivity contribution in [2.24, 2.45) is 0 Å². The topological polar surface area (TPSA) is 51.0 Å². The van der Waals surface area contributed by atoms with Gasteiger partial charge in [-0.1, -0.05) is 42.1 Å². The number of aromatic nitrogens is 3. The minimum Gasteiger partial charge on any atom is -0.348 e. The van der Waals surface area contributed by atoms with Crippen molar-refractivity contribution in [2.45, 2.75) is 42.6 Å². The molecule has 0 N–H and O–H groups in total. The zero-order chi connectivity index (χ0) is 16.4. The van der Waals surface area contributed by atoms with Crippen LogP contribution in [0.2, 0.25) is 0 Å². The molecule has 0 aliphatic heterocycles. The molecule has 6 heteroatoms. The second-order valence-corrected chi connectivity index (χ2v) is 7.49. The zero-order valence-electron chi connectivity index (χ0n) is 13.8. The van der Waals surface area contributed by atoms with Crippen LogP contribution in [0.3, 0.4) is 0 Å². The van der Waals surface area contributed by atoms with Crippen molar-refractivity contribution in [1.82, 2.24) is 19.7 Å². The Kier molecular flexibility index (Phi) is 4.71. The molecule has 2 aromatic rings. The lowest BCUT2D eigenvalue weighted by atomic mass is 10.2. The molecule has 0 bridgehead atoms. The van der Waals surface area contributed by atoms with Gasteiger partial charge < -0.3 is 9.47 Å². The Bertz CT molecular complexity index is 679. The lowest BCUT2D eigenvalue weighted by molar-refractivity contribution is -0.127. The van der Waals surface area contributed by atoms with Crippen LogP contribution in [-0.4, -0.2) is 44.9 Å². The van der Waals surface area contributed by atoms with Gasteiger partial charge in [-0.05, 0) is 25.3 Å². The van der Waals surface area contributed by atoms with Crippen molar-refractivity contribution >= 4 is 17.7 Å². The molecule has 1 amide bonds. The van der Waals surface area contributed by atoms with E-state index in [1.54, 1.807) is 19.0 Å². The van der Waals surface area contributed by atoms with E-state index in [0.29, 0.717) is 5.92 Å². The Labute approximate surface area is 141 Å². The largest absolute Gasteiger partial charge is 0.348 e. The van der Waals surface area contributed by atoms with E-state index >= 15 is 0 Å². The maximum Gasteiger partial charge on any atom is 0.235 e. The Balaban J connectivity index is 1.84. The second kappa shape index (κ2) is 6.74. The van der Waals surface area contributed by atoms with E-state index in [9.17, 15) is 4.79 Å². The van der Waals surface area contributed by atoms with Crippen molar-refractivity contribution in [2.75, 3.05) is 14.1 Å². The summed E-state index contributed by atoms with van der Waals surface area (Å²) in [7, 11) is 3.56. The van der Waals surface area contributed by atoms with E-state index in [1.165, 1.54) is 30.2 Å². The van der Waals surface area contributed by atoms with Crippen LogP contribution in [0.25, 0.3) is 0 Å². The summed E-state index contributed by atoms with van der Waals surface area (Å²) in [5.74, 6) is 1.68. The molecular weight excluding hydrogens is 308 g/mol. The fourth-order valence-corrected chi connectivity index (χ4v) is 3.52.